The Kier molecular flexibility index (Phi) is 5.85. The van der Waals surface area contributed by atoms with Crippen molar-refractivity contribution in [3.8, 4) is 28.4 Å². The summed E-state index contributed by atoms with van der Waals surface area (Å²) in [5, 5.41) is 10.1. The lowest BCUT2D eigenvalue weighted by molar-refractivity contribution is -0.158. The summed E-state index contributed by atoms with van der Waals surface area (Å²) in [6.45, 7) is 0.195. The van der Waals surface area contributed by atoms with Gasteiger partial charge in [-0.3, -0.25) is 9.59 Å². The van der Waals surface area contributed by atoms with Crippen LogP contribution in [0, 0.1) is 11.8 Å². The largest absolute Gasteiger partial charge is 0.481 e. The van der Waals surface area contributed by atoms with Crippen molar-refractivity contribution in [1.29, 1.82) is 0 Å². The number of fused-ring (bicyclic) bond motifs is 1. The first-order chi connectivity index (χ1) is 18.1. The SMILES string of the molecule is O=C(O)[C@@H]1[C@@H](c2ccccc2)[C@H](C(=O)Oc2cccc(-c3ccc4c(c3)OCO4)c2)[C@H]1c1ccccc1. The summed E-state index contributed by atoms with van der Waals surface area (Å²) in [6, 6.07) is 31.7. The van der Waals surface area contributed by atoms with E-state index in [1.165, 1.54) is 0 Å². The molecule has 0 bridgehead atoms. The van der Waals surface area contributed by atoms with Crippen LogP contribution in [0.5, 0.6) is 17.2 Å². The number of carboxylic acid groups (broad SMARTS) is 1. The van der Waals surface area contributed by atoms with Gasteiger partial charge < -0.3 is 19.3 Å². The Morgan fingerprint density at radius 1 is 0.676 bits per heavy atom. The molecule has 1 fully saturated rings. The van der Waals surface area contributed by atoms with Crippen LogP contribution in [0.15, 0.2) is 103 Å². The summed E-state index contributed by atoms with van der Waals surface area (Å²) < 4.78 is 16.8. The highest BCUT2D eigenvalue weighted by atomic mass is 16.7. The molecule has 1 aliphatic carbocycles. The normalized spacial score (nSPS) is 21.6. The van der Waals surface area contributed by atoms with Crippen molar-refractivity contribution in [2.24, 2.45) is 11.8 Å². The van der Waals surface area contributed by atoms with Gasteiger partial charge in [0.15, 0.2) is 11.5 Å². The molecule has 4 aromatic carbocycles. The van der Waals surface area contributed by atoms with Gasteiger partial charge in [0.1, 0.15) is 5.75 Å². The van der Waals surface area contributed by atoms with E-state index in [4.69, 9.17) is 14.2 Å². The van der Waals surface area contributed by atoms with Crippen LogP contribution in [0.3, 0.4) is 0 Å². The summed E-state index contributed by atoms with van der Waals surface area (Å²) in [4.78, 5) is 26.1. The van der Waals surface area contributed by atoms with Crippen molar-refractivity contribution in [3.05, 3.63) is 114 Å². The molecule has 1 heterocycles. The molecule has 1 aliphatic heterocycles. The monoisotopic (exact) mass is 492 g/mol. The van der Waals surface area contributed by atoms with Crippen LogP contribution in [0.4, 0.5) is 0 Å². The van der Waals surface area contributed by atoms with Crippen LogP contribution < -0.4 is 14.2 Å². The first kappa shape index (κ1) is 22.9. The maximum absolute atomic E-state index is 13.7. The number of hydrogen-bond acceptors (Lipinski definition) is 5. The molecule has 4 aromatic rings. The molecule has 2 aliphatic rings. The highest BCUT2D eigenvalue weighted by Crippen LogP contribution is 2.58. The molecule has 0 unspecified atom stereocenters. The number of esters is 1. The van der Waals surface area contributed by atoms with Crippen molar-refractivity contribution in [2.75, 3.05) is 6.79 Å². The minimum atomic E-state index is -0.920. The number of rotatable bonds is 6. The Hall–Kier alpha value is -4.58. The van der Waals surface area contributed by atoms with Gasteiger partial charge in [-0.2, -0.15) is 0 Å². The lowest BCUT2D eigenvalue weighted by atomic mass is 9.52. The molecule has 1 saturated carbocycles. The Labute approximate surface area is 214 Å². The summed E-state index contributed by atoms with van der Waals surface area (Å²) in [5.41, 5.74) is 3.40. The topological polar surface area (TPSA) is 82.1 Å². The second-order valence-electron chi connectivity index (χ2n) is 9.28. The Bertz CT molecular complexity index is 1400. The molecule has 6 heteroatoms. The Balaban J connectivity index is 1.32. The van der Waals surface area contributed by atoms with Crippen LogP contribution in [-0.4, -0.2) is 23.8 Å². The van der Waals surface area contributed by atoms with Crippen LogP contribution in [0.2, 0.25) is 0 Å². The van der Waals surface area contributed by atoms with Crippen molar-refractivity contribution < 1.29 is 28.9 Å². The van der Waals surface area contributed by atoms with E-state index in [0.717, 1.165) is 22.3 Å². The maximum atomic E-state index is 13.7. The number of carboxylic acids is 1. The van der Waals surface area contributed by atoms with Gasteiger partial charge in [0.2, 0.25) is 6.79 Å². The number of aliphatic carboxylic acids is 1. The van der Waals surface area contributed by atoms with Crippen molar-refractivity contribution in [1.82, 2.24) is 0 Å². The zero-order valence-corrected chi connectivity index (χ0v) is 19.8. The van der Waals surface area contributed by atoms with E-state index in [0.29, 0.717) is 17.2 Å². The van der Waals surface area contributed by atoms with Crippen molar-refractivity contribution in [3.63, 3.8) is 0 Å². The quantitative estimate of drug-likeness (QED) is 0.267. The summed E-state index contributed by atoms with van der Waals surface area (Å²) in [5.74, 6) is -1.95. The first-order valence-corrected chi connectivity index (χ1v) is 12.1. The third-order valence-electron chi connectivity index (χ3n) is 7.23. The van der Waals surface area contributed by atoms with Gasteiger partial charge >= 0.3 is 11.9 Å². The molecular weight excluding hydrogens is 468 g/mol. The Morgan fingerprint density at radius 2 is 1.30 bits per heavy atom. The summed E-state index contributed by atoms with van der Waals surface area (Å²) >= 11 is 0. The van der Waals surface area contributed by atoms with Gasteiger partial charge in [0.25, 0.3) is 0 Å². The fraction of sp³-hybridized carbons (Fsp3) is 0.161. The van der Waals surface area contributed by atoms with Gasteiger partial charge in [-0.15, -0.1) is 0 Å². The number of benzene rings is 4. The van der Waals surface area contributed by atoms with Crippen molar-refractivity contribution in [2.45, 2.75) is 11.8 Å². The number of ether oxygens (including phenoxy) is 3. The fourth-order valence-corrected chi connectivity index (χ4v) is 5.53. The molecule has 0 amide bonds. The van der Waals surface area contributed by atoms with E-state index in [9.17, 15) is 14.7 Å². The van der Waals surface area contributed by atoms with Gasteiger partial charge in [0.05, 0.1) is 11.8 Å². The first-order valence-electron chi connectivity index (χ1n) is 12.1. The van der Waals surface area contributed by atoms with E-state index < -0.39 is 35.6 Å². The van der Waals surface area contributed by atoms with E-state index in [2.05, 4.69) is 0 Å². The third-order valence-corrected chi connectivity index (χ3v) is 7.23. The molecule has 37 heavy (non-hydrogen) atoms. The van der Waals surface area contributed by atoms with Crippen LogP contribution in [0.1, 0.15) is 23.0 Å². The average molecular weight is 493 g/mol. The van der Waals surface area contributed by atoms with Gasteiger partial charge in [-0.25, -0.2) is 0 Å². The average Bonchev–Trinajstić information content (AvgIpc) is 3.37. The number of carbonyl (C=O) groups excluding carboxylic acids is 1. The molecule has 0 spiro atoms. The maximum Gasteiger partial charge on any atom is 0.315 e. The van der Waals surface area contributed by atoms with E-state index in [1.807, 2.05) is 91.0 Å². The molecular formula is C31H24O6. The molecule has 0 saturated heterocycles. The standard InChI is InChI=1S/C31H24O6/c32-30(33)28-26(19-8-3-1-4-9-19)29(27(28)20-10-5-2-6-11-20)31(34)37-23-13-7-12-21(16-23)22-14-15-24-25(17-22)36-18-35-24/h1-17,26-29H,18H2,(H,32,33)/t26-,27+,28-,29+. The molecule has 6 nitrogen and oxygen atoms in total. The van der Waals surface area contributed by atoms with E-state index in [-0.39, 0.29) is 6.79 Å². The second kappa shape index (κ2) is 9.47. The predicted octanol–water partition coefficient (Wildman–Crippen LogP) is 5.89. The van der Waals surface area contributed by atoms with E-state index in [1.54, 1.807) is 12.1 Å². The van der Waals surface area contributed by atoms with Crippen LogP contribution in [0.25, 0.3) is 11.1 Å². The zero-order chi connectivity index (χ0) is 25.4. The smallest absolute Gasteiger partial charge is 0.315 e. The van der Waals surface area contributed by atoms with Gasteiger partial charge in [-0.05, 0) is 46.5 Å². The molecule has 6 rings (SSSR count). The van der Waals surface area contributed by atoms with Gasteiger partial charge in [-0.1, -0.05) is 78.9 Å². The fourth-order valence-electron chi connectivity index (χ4n) is 5.53. The molecule has 0 radical (unpaired) electrons. The highest BCUT2D eigenvalue weighted by Gasteiger charge is 2.59. The van der Waals surface area contributed by atoms with Crippen LogP contribution >= 0.6 is 0 Å². The molecule has 0 aromatic heterocycles. The van der Waals surface area contributed by atoms with E-state index >= 15 is 0 Å². The summed E-state index contributed by atoms with van der Waals surface area (Å²) in [7, 11) is 0. The minimum Gasteiger partial charge on any atom is -0.481 e. The second-order valence-corrected chi connectivity index (χ2v) is 9.28. The molecule has 4 atom stereocenters. The number of carbonyl (C=O) groups is 2. The lowest BCUT2D eigenvalue weighted by Crippen LogP contribution is -2.52. The van der Waals surface area contributed by atoms with Crippen LogP contribution in [-0.2, 0) is 9.59 Å². The minimum absolute atomic E-state index is 0.195. The number of hydrogen-bond donors (Lipinski definition) is 1. The van der Waals surface area contributed by atoms with Crippen molar-refractivity contribution >= 4 is 11.9 Å². The molecule has 1 N–H and O–H groups in total. The van der Waals surface area contributed by atoms with Gasteiger partial charge in [0, 0.05) is 11.8 Å². The lowest BCUT2D eigenvalue weighted by Gasteiger charge is -2.48. The zero-order valence-electron chi connectivity index (χ0n) is 19.8. The molecule has 184 valence electrons. The summed E-state index contributed by atoms with van der Waals surface area (Å²) in [6.07, 6.45) is 0. The Morgan fingerprint density at radius 3 is 1.95 bits per heavy atom. The predicted molar refractivity (Wildman–Crippen MR) is 137 cm³/mol. The highest BCUT2D eigenvalue weighted by molar-refractivity contribution is 5.86. The third kappa shape index (κ3) is 4.20.